The molecule has 0 saturated heterocycles. The van der Waals surface area contributed by atoms with Gasteiger partial charge in [0.05, 0.1) is 5.69 Å². The summed E-state index contributed by atoms with van der Waals surface area (Å²) < 4.78 is 1.38. The highest BCUT2D eigenvalue weighted by atomic mass is 35.5. The van der Waals surface area contributed by atoms with Crippen LogP contribution < -0.4 is 5.73 Å². The molecule has 0 atom stereocenters. The van der Waals surface area contributed by atoms with E-state index in [9.17, 15) is 10.1 Å². The van der Waals surface area contributed by atoms with Crippen molar-refractivity contribution < 1.29 is 4.79 Å². The Morgan fingerprint density at radius 2 is 1.88 bits per heavy atom. The second kappa shape index (κ2) is 6.19. The van der Waals surface area contributed by atoms with E-state index in [0.29, 0.717) is 16.3 Å². The van der Waals surface area contributed by atoms with E-state index < -0.39 is 0 Å². The number of aryl methyl sites for hydroxylation is 1. The fourth-order valence-corrected chi connectivity index (χ4v) is 2.56. The smallest absolute Gasteiger partial charge is 0.214 e. The Labute approximate surface area is 143 Å². The normalized spacial score (nSPS) is 10.4. The maximum atomic E-state index is 12.8. The molecule has 6 heteroatoms. The molecule has 24 heavy (non-hydrogen) atoms. The van der Waals surface area contributed by atoms with E-state index in [2.05, 4.69) is 5.10 Å². The van der Waals surface area contributed by atoms with E-state index in [4.69, 9.17) is 17.3 Å². The predicted octanol–water partition coefficient (Wildman–Crippen LogP) is 3.52. The Kier molecular flexibility index (Phi) is 4.07. The molecule has 5 nitrogen and oxygen atoms in total. The van der Waals surface area contributed by atoms with Crippen LogP contribution in [0.4, 0.5) is 5.82 Å². The largest absolute Gasteiger partial charge is 0.382 e. The summed E-state index contributed by atoms with van der Waals surface area (Å²) in [5.41, 5.74) is 8.07. The number of carbonyl (C=O) groups excluding carboxylic acids is 1. The van der Waals surface area contributed by atoms with E-state index in [1.165, 1.54) is 4.68 Å². The molecular weight excluding hydrogens is 324 g/mol. The zero-order valence-corrected chi connectivity index (χ0v) is 13.6. The van der Waals surface area contributed by atoms with Crippen molar-refractivity contribution in [2.75, 3.05) is 5.73 Å². The molecule has 2 N–H and O–H groups in total. The van der Waals surface area contributed by atoms with E-state index in [-0.39, 0.29) is 22.9 Å². The van der Waals surface area contributed by atoms with Crippen LogP contribution in [0.2, 0.25) is 5.02 Å². The Morgan fingerprint density at radius 1 is 1.21 bits per heavy atom. The second-order valence-electron chi connectivity index (χ2n) is 5.25. The summed E-state index contributed by atoms with van der Waals surface area (Å²) in [6, 6.07) is 15.9. The number of nitrogens with zero attached hydrogens (tertiary/aromatic N) is 3. The molecule has 0 amide bonds. The third-order valence-corrected chi connectivity index (χ3v) is 3.96. The van der Waals surface area contributed by atoms with Crippen LogP contribution in [0, 0.1) is 18.3 Å². The number of hydrogen-bond donors (Lipinski definition) is 1. The molecule has 0 aliphatic carbocycles. The second-order valence-corrected chi connectivity index (χ2v) is 5.69. The van der Waals surface area contributed by atoms with Gasteiger partial charge in [0.1, 0.15) is 17.5 Å². The number of nitrogen functional groups attached to an aromatic ring is 1. The van der Waals surface area contributed by atoms with E-state index in [1.54, 1.807) is 36.4 Å². The Morgan fingerprint density at radius 3 is 2.50 bits per heavy atom. The van der Waals surface area contributed by atoms with Gasteiger partial charge in [0, 0.05) is 10.6 Å². The number of rotatable bonds is 3. The minimum Gasteiger partial charge on any atom is -0.382 e. The molecule has 3 aromatic rings. The minimum atomic E-state index is -0.330. The van der Waals surface area contributed by atoms with Crippen LogP contribution in [0.3, 0.4) is 0 Å². The predicted molar refractivity (Wildman–Crippen MR) is 92.3 cm³/mol. The van der Waals surface area contributed by atoms with Gasteiger partial charge in [0.15, 0.2) is 5.69 Å². The highest BCUT2D eigenvalue weighted by molar-refractivity contribution is 6.30. The van der Waals surface area contributed by atoms with Gasteiger partial charge in [-0.15, -0.1) is 0 Å². The summed E-state index contributed by atoms with van der Waals surface area (Å²) in [6.45, 7) is 1.83. The first-order chi connectivity index (χ1) is 11.5. The van der Waals surface area contributed by atoms with Gasteiger partial charge in [0.25, 0.3) is 0 Å². The number of carbonyl (C=O) groups is 1. The molecule has 3 rings (SSSR count). The molecule has 0 bridgehead atoms. The first-order valence-corrected chi connectivity index (χ1v) is 7.55. The van der Waals surface area contributed by atoms with Gasteiger partial charge in [-0.05, 0) is 36.8 Å². The summed E-state index contributed by atoms with van der Waals surface area (Å²) >= 11 is 5.88. The molecule has 1 heterocycles. The van der Waals surface area contributed by atoms with Crippen molar-refractivity contribution in [1.29, 1.82) is 5.26 Å². The number of benzene rings is 2. The SMILES string of the molecule is Cc1ccccc1C(=O)c1nn(-c2ccc(Cl)cc2)c(N)c1C#N. The monoisotopic (exact) mass is 336 g/mol. The highest BCUT2D eigenvalue weighted by Crippen LogP contribution is 2.24. The highest BCUT2D eigenvalue weighted by Gasteiger charge is 2.24. The number of nitrogens with two attached hydrogens (primary N) is 1. The fourth-order valence-electron chi connectivity index (χ4n) is 2.43. The summed E-state index contributed by atoms with van der Waals surface area (Å²) in [7, 11) is 0. The molecule has 1 aromatic heterocycles. The van der Waals surface area contributed by atoms with Crippen LogP contribution in [0.15, 0.2) is 48.5 Å². The van der Waals surface area contributed by atoms with Crippen LogP contribution in [-0.4, -0.2) is 15.6 Å². The van der Waals surface area contributed by atoms with Gasteiger partial charge in [-0.1, -0.05) is 35.9 Å². The topological polar surface area (TPSA) is 84.7 Å². The van der Waals surface area contributed by atoms with Gasteiger partial charge in [0.2, 0.25) is 5.78 Å². The van der Waals surface area contributed by atoms with Crippen molar-refractivity contribution in [2.24, 2.45) is 0 Å². The van der Waals surface area contributed by atoms with Gasteiger partial charge in [-0.3, -0.25) is 4.79 Å². The number of ketones is 1. The zero-order valence-electron chi connectivity index (χ0n) is 12.8. The van der Waals surface area contributed by atoms with Crippen molar-refractivity contribution in [3.63, 3.8) is 0 Å². The van der Waals surface area contributed by atoms with Crippen molar-refractivity contribution in [3.8, 4) is 11.8 Å². The lowest BCUT2D eigenvalue weighted by Gasteiger charge is -2.03. The molecule has 0 radical (unpaired) electrons. The lowest BCUT2D eigenvalue weighted by molar-refractivity contribution is 0.103. The number of aromatic nitrogens is 2. The zero-order chi connectivity index (χ0) is 17.3. The maximum Gasteiger partial charge on any atom is 0.214 e. The average molecular weight is 337 g/mol. The fraction of sp³-hybridized carbons (Fsp3) is 0.0556. The summed E-state index contributed by atoms with van der Waals surface area (Å²) in [6.07, 6.45) is 0. The Balaban J connectivity index is 2.15. The van der Waals surface area contributed by atoms with Gasteiger partial charge < -0.3 is 5.73 Å². The van der Waals surface area contributed by atoms with Gasteiger partial charge in [-0.25, -0.2) is 4.68 Å². The molecule has 0 aliphatic heterocycles. The lowest BCUT2D eigenvalue weighted by atomic mass is 10.0. The molecule has 0 fully saturated rings. The van der Waals surface area contributed by atoms with Crippen molar-refractivity contribution in [3.05, 3.63) is 75.9 Å². The number of anilines is 1. The van der Waals surface area contributed by atoms with E-state index in [1.807, 2.05) is 25.1 Å². The average Bonchev–Trinajstić information content (AvgIpc) is 2.92. The van der Waals surface area contributed by atoms with Crippen LogP contribution in [0.25, 0.3) is 5.69 Å². The molecule has 0 unspecified atom stereocenters. The number of halogens is 1. The van der Waals surface area contributed by atoms with E-state index >= 15 is 0 Å². The summed E-state index contributed by atoms with van der Waals surface area (Å²) in [4.78, 5) is 12.8. The van der Waals surface area contributed by atoms with Gasteiger partial charge in [-0.2, -0.15) is 10.4 Å². The van der Waals surface area contributed by atoms with Crippen LogP contribution in [0.1, 0.15) is 27.2 Å². The van der Waals surface area contributed by atoms with Crippen LogP contribution in [-0.2, 0) is 0 Å². The molecule has 0 spiro atoms. The first-order valence-electron chi connectivity index (χ1n) is 7.17. The Hall–Kier alpha value is -3.10. The standard InChI is InChI=1S/C18H13ClN4O/c1-11-4-2-3-5-14(11)17(24)16-15(10-20)18(21)23(22-16)13-8-6-12(19)7-9-13/h2-9H,21H2,1H3. The summed E-state index contributed by atoms with van der Waals surface area (Å²) in [5.74, 6) is -0.208. The molecular formula is C18H13ClN4O. The summed E-state index contributed by atoms with van der Waals surface area (Å²) in [5, 5.41) is 14.3. The number of hydrogen-bond acceptors (Lipinski definition) is 4. The van der Waals surface area contributed by atoms with Gasteiger partial charge >= 0.3 is 0 Å². The third-order valence-electron chi connectivity index (χ3n) is 3.71. The third kappa shape index (κ3) is 2.64. The van der Waals surface area contributed by atoms with Crippen molar-refractivity contribution >= 4 is 23.2 Å². The van der Waals surface area contributed by atoms with Crippen LogP contribution in [0.5, 0.6) is 0 Å². The van der Waals surface area contributed by atoms with Crippen molar-refractivity contribution in [1.82, 2.24) is 9.78 Å². The number of nitriles is 1. The minimum absolute atomic E-state index is 0.0410. The van der Waals surface area contributed by atoms with Crippen LogP contribution >= 0.6 is 11.6 Å². The molecule has 0 saturated carbocycles. The quantitative estimate of drug-likeness (QED) is 0.741. The molecule has 0 aliphatic rings. The molecule has 118 valence electrons. The lowest BCUT2D eigenvalue weighted by Crippen LogP contribution is -2.07. The maximum absolute atomic E-state index is 12.8. The van der Waals surface area contributed by atoms with E-state index in [0.717, 1.165) is 5.56 Å². The Bertz CT molecular complexity index is 968. The molecule has 2 aromatic carbocycles. The first kappa shape index (κ1) is 15.8. The van der Waals surface area contributed by atoms with Crippen molar-refractivity contribution in [2.45, 2.75) is 6.92 Å².